The quantitative estimate of drug-likeness (QED) is 0.345. The van der Waals surface area contributed by atoms with Gasteiger partial charge in [0.25, 0.3) is 5.91 Å². The lowest BCUT2D eigenvalue weighted by molar-refractivity contribution is -0.121. The summed E-state index contributed by atoms with van der Waals surface area (Å²) in [7, 11) is 1.69. The Kier molecular flexibility index (Phi) is 5.53. The number of hydrogen-bond donors (Lipinski definition) is 0. The SMILES string of the molecule is CN1C(=O)/C(=C\c2ccc(OCc3ccc4ccccc4c3)c(Br)c2)SC1=S. The molecule has 4 rings (SSSR count). The molecule has 0 N–H and O–H groups in total. The molecule has 0 radical (unpaired) electrons. The highest BCUT2D eigenvalue weighted by atomic mass is 79.9. The van der Waals surface area contributed by atoms with E-state index in [4.69, 9.17) is 17.0 Å². The molecule has 0 saturated carbocycles. The molecule has 1 amide bonds. The highest BCUT2D eigenvalue weighted by molar-refractivity contribution is 9.10. The van der Waals surface area contributed by atoms with Gasteiger partial charge in [-0.15, -0.1) is 0 Å². The van der Waals surface area contributed by atoms with Crippen LogP contribution in [0.3, 0.4) is 0 Å². The molecule has 28 heavy (non-hydrogen) atoms. The molecule has 3 aromatic rings. The molecule has 1 heterocycles. The van der Waals surface area contributed by atoms with E-state index in [1.54, 1.807) is 7.05 Å². The molecule has 1 saturated heterocycles. The van der Waals surface area contributed by atoms with Crippen molar-refractivity contribution in [1.29, 1.82) is 0 Å². The first kappa shape index (κ1) is 19.2. The summed E-state index contributed by atoms with van der Waals surface area (Å²) in [5, 5.41) is 2.42. The van der Waals surface area contributed by atoms with Gasteiger partial charge in [0.15, 0.2) is 0 Å². The molecule has 0 spiro atoms. The molecular formula is C22H16BrNO2S2. The van der Waals surface area contributed by atoms with Gasteiger partial charge in [0, 0.05) is 7.05 Å². The number of fused-ring (bicyclic) bond motifs is 1. The van der Waals surface area contributed by atoms with Crippen molar-refractivity contribution in [3.8, 4) is 5.75 Å². The maximum Gasteiger partial charge on any atom is 0.265 e. The Bertz CT molecular complexity index is 1130. The molecular weight excluding hydrogens is 454 g/mol. The van der Waals surface area contributed by atoms with Crippen molar-refractivity contribution >= 4 is 67.0 Å². The fourth-order valence-corrected chi connectivity index (χ4v) is 4.60. The predicted molar refractivity (Wildman–Crippen MR) is 123 cm³/mol. The second-order valence-corrected chi connectivity index (χ2v) is 8.93. The van der Waals surface area contributed by atoms with E-state index in [2.05, 4.69) is 46.3 Å². The first-order valence-corrected chi connectivity index (χ1v) is 10.6. The lowest BCUT2D eigenvalue weighted by atomic mass is 10.1. The number of carbonyl (C=O) groups excluding carboxylic acids is 1. The summed E-state index contributed by atoms with van der Waals surface area (Å²) >= 11 is 10.1. The minimum absolute atomic E-state index is 0.0669. The standard InChI is InChI=1S/C22H16BrNO2S2/c1-24-21(25)20(28-22(24)27)12-14-7-9-19(18(23)11-14)26-13-15-6-8-16-4-2-3-5-17(16)10-15/h2-12H,13H2,1H3/b20-12+. The van der Waals surface area contributed by atoms with E-state index < -0.39 is 0 Å². The van der Waals surface area contributed by atoms with Crippen molar-refractivity contribution in [2.45, 2.75) is 6.61 Å². The topological polar surface area (TPSA) is 29.5 Å². The summed E-state index contributed by atoms with van der Waals surface area (Å²) in [5.41, 5.74) is 2.03. The molecule has 1 aliphatic heterocycles. The molecule has 3 nitrogen and oxygen atoms in total. The van der Waals surface area contributed by atoms with Crippen molar-refractivity contribution in [2.75, 3.05) is 7.05 Å². The molecule has 1 aliphatic rings. The smallest absolute Gasteiger partial charge is 0.265 e. The van der Waals surface area contributed by atoms with Crippen LogP contribution >= 0.6 is 39.9 Å². The van der Waals surface area contributed by atoms with Crippen molar-refractivity contribution in [3.05, 3.63) is 81.2 Å². The van der Waals surface area contributed by atoms with Gasteiger partial charge < -0.3 is 4.74 Å². The molecule has 0 atom stereocenters. The third-order valence-corrected chi connectivity index (χ3v) is 6.55. The van der Waals surface area contributed by atoms with E-state index >= 15 is 0 Å². The van der Waals surface area contributed by atoms with Crippen molar-refractivity contribution < 1.29 is 9.53 Å². The zero-order chi connectivity index (χ0) is 19.7. The van der Waals surface area contributed by atoms with E-state index in [9.17, 15) is 4.79 Å². The molecule has 3 aromatic carbocycles. The van der Waals surface area contributed by atoms with Crippen molar-refractivity contribution in [2.24, 2.45) is 0 Å². The average Bonchev–Trinajstić information content (AvgIpc) is 2.94. The molecule has 0 unspecified atom stereocenters. The molecule has 1 fully saturated rings. The van der Waals surface area contributed by atoms with Crippen LogP contribution in [0, 0.1) is 0 Å². The summed E-state index contributed by atoms with van der Waals surface area (Å²) in [5.74, 6) is 0.691. The second kappa shape index (κ2) is 8.07. The third kappa shape index (κ3) is 3.99. The predicted octanol–water partition coefficient (Wildman–Crippen LogP) is 6.01. The Morgan fingerprint density at radius 1 is 1.11 bits per heavy atom. The summed E-state index contributed by atoms with van der Waals surface area (Å²) < 4.78 is 7.40. The number of thiocarbonyl (C=S) groups is 1. The Morgan fingerprint density at radius 3 is 2.61 bits per heavy atom. The van der Waals surface area contributed by atoms with Crippen LogP contribution < -0.4 is 4.74 Å². The minimum atomic E-state index is -0.0669. The van der Waals surface area contributed by atoms with Gasteiger partial charge in [-0.3, -0.25) is 9.69 Å². The summed E-state index contributed by atoms with van der Waals surface area (Å²) in [6.45, 7) is 0.483. The summed E-state index contributed by atoms with van der Waals surface area (Å²) in [4.78, 5) is 14.3. The third-order valence-electron chi connectivity index (χ3n) is 4.45. The second-order valence-electron chi connectivity index (χ2n) is 6.40. The summed E-state index contributed by atoms with van der Waals surface area (Å²) in [6.07, 6.45) is 1.85. The highest BCUT2D eigenvalue weighted by Gasteiger charge is 2.28. The molecule has 6 heteroatoms. The monoisotopic (exact) mass is 469 g/mol. The zero-order valence-corrected chi connectivity index (χ0v) is 18.2. The van der Waals surface area contributed by atoms with Crippen molar-refractivity contribution in [1.82, 2.24) is 4.90 Å². The number of benzene rings is 3. The van der Waals surface area contributed by atoms with Gasteiger partial charge in [-0.25, -0.2) is 0 Å². The summed E-state index contributed by atoms with van der Waals surface area (Å²) in [6, 6.07) is 20.4. The zero-order valence-electron chi connectivity index (χ0n) is 15.0. The molecule has 0 aromatic heterocycles. The van der Waals surface area contributed by atoms with Gasteiger partial charge in [-0.2, -0.15) is 0 Å². The lowest BCUT2D eigenvalue weighted by Crippen LogP contribution is -2.22. The van der Waals surface area contributed by atoms with Gasteiger partial charge in [-0.1, -0.05) is 66.4 Å². The number of carbonyl (C=O) groups is 1. The highest BCUT2D eigenvalue weighted by Crippen LogP contribution is 2.33. The maximum atomic E-state index is 12.1. The number of thioether (sulfide) groups is 1. The van der Waals surface area contributed by atoms with Crippen LogP contribution in [0.4, 0.5) is 0 Å². The van der Waals surface area contributed by atoms with Crippen LogP contribution in [-0.4, -0.2) is 22.2 Å². The van der Waals surface area contributed by atoms with E-state index in [-0.39, 0.29) is 5.91 Å². The first-order chi connectivity index (χ1) is 13.5. The van der Waals surface area contributed by atoms with Crippen LogP contribution in [-0.2, 0) is 11.4 Å². The molecule has 140 valence electrons. The van der Waals surface area contributed by atoms with E-state index in [0.717, 1.165) is 21.3 Å². The van der Waals surface area contributed by atoms with Gasteiger partial charge in [0.1, 0.15) is 16.7 Å². The minimum Gasteiger partial charge on any atom is -0.488 e. The number of hydrogen-bond acceptors (Lipinski definition) is 4. The normalized spacial score (nSPS) is 15.6. The van der Waals surface area contributed by atoms with Gasteiger partial charge in [0.05, 0.1) is 9.38 Å². The van der Waals surface area contributed by atoms with E-state index in [1.165, 1.54) is 27.4 Å². The number of halogens is 1. The number of amides is 1. The van der Waals surface area contributed by atoms with Crippen LogP contribution in [0.1, 0.15) is 11.1 Å². The van der Waals surface area contributed by atoms with Crippen LogP contribution in [0.2, 0.25) is 0 Å². The Balaban J connectivity index is 1.48. The van der Waals surface area contributed by atoms with Crippen LogP contribution in [0.5, 0.6) is 5.75 Å². The van der Waals surface area contributed by atoms with Gasteiger partial charge in [0.2, 0.25) is 0 Å². The largest absolute Gasteiger partial charge is 0.488 e. The van der Waals surface area contributed by atoms with Crippen LogP contribution in [0.25, 0.3) is 16.8 Å². The first-order valence-electron chi connectivity index (χ1n) is 8.63. The Morgan fingerprint density at radius 2 is 1.89 bits per heavy atom. The number of rotatable bonds is 4. The molecule has 0 aliphatic carbocycles. The maximum absolute atomic E-state index is 12.1. The van der Waals surface area contributed by atoms with E-state index in [0.29, 0.717) is 15.8 Å². The average molecular weight is 470 g/mol. The van der Waals surface area contributed by atoms with Crippen molar-refractivity contribution in [3.63, 3.8) is 0 Å². The van der Waals surface area contributed by atoms with Crippen LogP contribution in [0.15, 0.2) is 70.0 Å². The fraction of sp³-hybridized carbons (Fsp3) is 0.0909. The molecule has 0 bridgehead atoms. The number of nitrogens with zero attached hydrogens (tertiary/aromatic N) is 1. The Hall–Kier alpha value is -2.15. The van der Waals surface area contributed by atoms with Gasteiger partial charge >= 0.3 is 0 Å². The van der Waals surface area contributed by atoms with Gasteiger partial charge in [-0.05, 0) is 62.1 Å². The number of likely N-dealkylation sites (N-methyl/N-ethyl adjacent to an activating group) is 1. The van der Waals surface area contributed by atoms with E-state index in [1.807, 2.05) is 36.4 Å². The lowest BCUT2D eigenvalue weighted by Gasteiger charge is -2.10. The number of ether oxygens (including phenoxy) is 1. The Labute approximate surface area is 181 Å². The fourth-order valence-electron chi connectivity index (χ4n) is 2.91.